The second kappa shape index (κ2) is 7.03. The predicted octanol–water partition coefficient (Wildman–Crippen LogP) is 3.09. The number of rotatable bonds is 5. The quantitative estimate of drug-likeness (QED) is 0.761. The molecule has 1 amide bonds. The van der Waals surface area contributed by atoms with Crippen molar-refractivity contribution in [3.63, 3.8) is 0 Å². The van der Waals surface area contributed by atoms with Crippen molar-refractivity contribution >= 4 is 16.7 Å². The normalized spacial score (nSPS) is 12.0. The molecule has 1 atom stereocenters. The molecule has 116 valence electrons. The summed E-state index contributed by atoms with van der Waals surface area (Å²) in [6, 6.07) is 17.1. The van der Waals surface area contributed by atoms with Gasteiger partial charge in [0.2, 0.25) is 0 Å². The van der Waals surface area contributed by atoms with Gasteiger partial charge in [-0.2, -0.15) is 0 Å². The minimum Gasteiger partial charge on any atom is -0.396 e. The van der Waals surface area contributed by atoms with Crippen molar-refractivity contribution in [2.75, 3.05) is 6.61 Å². The molecule has 4 heteroatoms. The Morgan fingerprint density at radius 2 is 1.78 bits per heavy atom. The Hall–Kier alpha value is -2.72. The van der Waals surface area contributed by atoms with Crippen molar-refractivity contribution in [3.05, 3.63) is 78.1 Å². The van der Waals surface area contributed by atoms with Crippen LogP contribution in [0.4, 0.5) is 0 Å². The molecule has 0 saturated heterocycles. The summed E-state index contributed by atoms with van der Waals surface area (Å²) in [6.07, 6.45) is 3.79. The smallest absolute Gasteiger partial charge is 0.253 e. The zero-order valence-electron chi connectivity index (χ0n) is 12.6. The SMILES string of the molecule is O=C(NC(CCO)c1ccccc1)c1cncc2ccccc12. The summed E-state index contributed by atoms with van der Waals surface area (Å²) in [7, 11) is 0. The van der Waals surface area contributed by atoms with E-state index in [9.17, 15) is 9.90 Å². The highest BCUT2D eigenvalue weighted by atomic mass is 16.3. The number of benzene rings is 2. The number of fused-ring (bicyclic) bond motifs is 1. The van der Waals surface area contributed by atoms with E-state index in [1.54, 1.807) is 12.4 Å². The summed E-state index contributed by atoms with van der Waals surface area (Å²) in [4.78, 5) is 16.8. The Bertz CT molecular complexity index is 797. The van der Waals surface area contributed by atoms with Crippen LogP contribution >= 0.6 is 0 Å². The van der Waals surface area contributed by atoms with Gasteiger partial charge in [-0.05, 0) is 17.4 Å². The summed E-state index contributed by atoms with van der Waals surface area (Å²) >= 11 is 0. The third-order valence-electron chi connectivity index (χ3n) is 3.84. The number of nitrogens with zero attached hydrogens (tertiary/aromatic N) is 1. The van der Waals surface area contributed by atoms with Crippen LogP contribution in [0.5, 0.6) is 0 Å². The minimum absolute atomic E-state index is 0.00757. The number of amides is 1. The first-order chi connectivity index (χ1) is 11.3. The number of pyridine rings is 1. The molecule has 0 fully saturated rings. The van der Waals surface area contributed by atoms with Crippen LogP contribution in [0.2, 0.25) is 0 Å². The molecule has 2 N–H and O–H groups in total. The highest BCUT2D eigenvalue weighted by Crippen LogP contribution is 2.20. The number of aliphatic hydroxyl groups excluding tert-OH is 1. The molecule has 0 spiro atoms. The van der Waals surface area contributed by atoms with Crippen LogP contribution in [-0.2, 0) is 0 Å². The highest BCUT2D eigenvalue weighted by Gasteiger charge is 2.17. The molecule has 3 aromatic rings. The number of nitrogens with one attached hydrogen (secondary N) is 1. The van der Waals surface area contributed by atoms with E-state index in [2.05, 4.69) is 10.3 Å². The Kier molecular flexibility index (Phi) is 4.64. The molecule has 0 aliphatic heterocycles. The Balaban J connectivity index is 1.89. The maximum absolute atomic E-state index is 12.7. The number of hydrogen-bond acceptors (Lipinski definition) is 3. The zero-order valence-corrected chi connectivity index (χ0v) is 12.6. The second-order valence-corrected chi connectivity index (χ2v) is 5.36. The average Bonchev–Trinajstić information content (AvgIpc) is 2.61. The van der Waals surface area contributed by atoms with Gasteiger partial charge >= 0.3 is 0 Å². The first kappa shape index (κ1) is 15.2. The van der Waals surface area contributed by atoms with Gasteiger partial charge in [-0.3, -0.25) is 9.78 Å². The van der Waals surface area contributed by atoms with Crippen molar-refractivity contribution in [2.24, 2.45) is 0 Å². The number of aromatic nitrogens is 1. The summed E-state index contributed by atoms with van der Waals surface area (Å²) in [6.45, 7) is 0.00757. The summed E-state index contributed by atoms with van der Waals surface area (Å²) < 4.78 is 0. The molecule has 1 unspecified atom stereocenters. The number of carbonyl (C=O) groups excluding carboxylic acids is 1. The molecular formula is C19H18N2O2. The molecule has 1 aromatic heterocycles. The lowest BCUT2D eigenvalue weighted by atomic mass is 10.0. The molecule has 0 saturated carbocycles. The maximum atomic E-state index is 12.7. The van der Waals surface area contributed by atoms with E-state index in [1.165, 1.54) is 0 Å². The van der Waals surface area contributed by atoms with E-state index in [0.717, 1.165) is 16.3 Å². The van der Waals surface area contributed by atoms with E-state index < -0.39 is 0 Å². The van der Waals surface area contributed by atoms with E-state index in [-0.39, 0.29) is 18.6 Å². The van der Waals surface area contributed by atoms with Crippen LogP contribution in [0.15, 0.2) is 67.0 Å². The molecule has 3 rings (SSSR count). The largest absolute Gasteiger partial charge is 0.396 e. The van der Waals surface area contributed by atoms with Crippen LogP contribution in [0.1, 0.15) is 28.4 Å². The van der Waals surface area contributed by atoms with E-state index in [4.69, 9.17) is 0 Å². The number of hydrogen-bond donors (Lipinski definition) is 2. The fraction of sp³-hybridized carbons (Fsp3) is 0.158. The summed E-state index contributed by atoms with van der Waals surface area (Å²) in [5, 5.41) is 14.1. The van der Waals surface area contributed by atoms with Gasteiger partial charge in [0.1, 0.15) is 0 Å². The van der Waals surface area contributed by atoms with Crippen molar-refractivity contribution < 1.29 is 9.90 Å². The van der Waals surface area contributed by atoms with Crippen molar-refractivity contribution in [1.82, 2.24) is 10.3 Å². The van der Waals surface area contributed by atoms with Gasteiger partial charge in [0.25, 0.3) is 5.91 Å². The predicted molar refractivity (Wildman–Crippen MR) is 90.1 cm³/mol. The topological polar surface area (TPSA) is 62.2 Å². The third-order valence-corrected chi connectivity index (χ3v) is 3.84. The molecule has 0 radical (unpaired) electrons. The Labute approximate surface area is 134 Å². The van der Waals surface area contributed by atoms with Crippen LogP contribution in [0, 0.1) is 0 Å². The van der Waals surface area contributed by atoms with E-state index in [1.807, 2.05) is 54.6 Å². The third kappa shape index (κ3) is 3.38. The lowest BCUT2D eigenvalue weighted by Crippen LogP contribution is -2.29. The monoisotopic (exact) mass is 306 g/mol. The van der Waals surface area contributed by atoms with Crippen molar-refractivity contribution in [1.29, 1.82) is 0 Å². The first-order valence-corrected chi connectivity index (χ1v) is 7.59. The molecule has 0 bridgehead atoms. The van der Waals surface area contributed by atoms with Crippen LogP contribution in [-0.4, -0.2) is 22.6 Å². The molecule has 0 aliphatic carbocycles. The molecule has 0 aliphatic rings. The van der Waals surface area contributed by atoms with E-state index >= 15 is 0 Å². The van der Waals surface area contributed by atoms with Gasteiger partial charge in [-0.1, -0.05) is 54.6 Å². The van der Waals surface area contributed by atoms with E-state index in [0.29, 0.717) is 12.0 Å². The Morgan fingerprint density at radius 3 is 2.57 bits per heavy atom. The molecular weight excluding hydrogens is 288 g/mol. The first-order valence-electron chi connectivity index (χ1n) is 7.59. The molecule has 4 nitrogen and oxygen atoms in total. The van der Waals surface area contributed by atoms with Crippen molar-refractivity contribution in [3.8, 4) is 0 Å². The minimum atomic E-state index is -0.229. The van der Waals surface area contributed by atoms with Crippen LogP contribution < -0.4 is 5.32 Å². The molecule has 23 heavy (non-hydrogen) atoms. The van der Waals surface area contributed by atoms with Gasteiger partial charge in [-0.25, -0.2) is 0 Å². The van der Waals surface area contributed by atoms with Gasteiger partial charge in [0.15, 0.2) is 0 Å². The zero-order chi connectivity index (χ0) is 16.1. The van der Waals surface area contributed by atoms with Gasteiger partial charge in [-0.15, -0.1) is 0 Å². The Morgan fingerprint density at radius 1 is 1.04 bits per heavy atom. The van der Waals surface area contributed by atoms with Gasteiger partial charge in [0.05, 0.1) is 11.6 Å². The maximum Gasteiger partial charge on any atom is 0.253 e. The highest BCUT2D eigenvalue weighted by molar-refractivity contribution is 6.06. The second-order valence-electron chi connectivity index (χ2n) is 5.36. The lowest BCUT2D eigenvalue weighted by Gasteiger charge is -2.18. The van der Waals surface area contributed by atoms with Gasteiger partial charge in [0, 0.05) is 24.4 Å². The summed E-state index contributed by atoms with van der Waals surface area (Å²) in [5.41, 5.74) is 1.52. The molecule has 2 aromatic carbocycles. The lowest BCUT2D eigenvalue weighted by molar-refractivity contribution is 0.0931. The number of carbonyl (C=O) groups is 1. The standard InChI is InChI=1S/C19H18N2O2/c22-11-10-18(14-6-2-1-3-7-14)21-19(23)17-13-20-12-15-8-4-5-9-16(15)17/h1-9,12-13,18,22H,10-11H2,(H,21,23). The molecule has 1 heterocycles. The fourth-order valence-electron chi connectivity index (χ4n) is 2.67. The van der Waals surface area contributed by atoms with Gasteiger partial charge < -0.3 is 10.4 Å². The fourth-order valence-corrected chi connectivity index (χ4v) is 2.67. The van der Waals surface area contributed by atoms with Crippen LogP contribution in [0.3, 0.4) is 0 Å². The van der Waals surface area contributed by atoms with Crippen LogP contribution in [0.25, 0.3) is 10.8 Å². The van der Waals surface area contributed by atoms with Crippen molar-refractivity contribution in [2.45, 2.75) is 12.5 Å². The summed E-state index contributed by atoms with van der Waals surface area (Å²) in [5.74, 6) is -0.184. The number of aliphatic hydroxyl groups is 1. The average molecular weight is 306 g/mol.